The predicted octanol–water partition coefficient (Wildman–Crippen LogP) is 4.35. The maximum atomic E-state index is 12.9. The summed E-state index contributed by atoms with van der Waals surface area (Å²) >= 11 is 5.92. The van der Waals surface area contributed by atoms with Gasteiger partial charge >= 0.3 is 0 Å². The van der Waals surface area contributed by atoms with E-state index in [1.54, 1.807) is 31.2 Å². The largest absolute Gasteiger partial charge is 0.350 e. The maximum absolute atomic E-state index is 12.9. The van der Waals surface area contributed by atoms with Crippen LogP contribution in [0.4, 0.5) is 5.69 Å². The molecule has 152 valence electrons. The minimum atomic E-state index is -3.67. The van der Waals surface area contributed by atoms with Crippen molar-refractivity contribution < 1.29 is 13.2 Å². The number of carbonyl (C=O) groups is 1. The molecular weight excluding hydrogens is 408 g/mol. The highest BCUT2D eigenvalue weighted by atomic mass is 35.5. The fourth-order valence-corrected chi connectivity index (χ4v) is 4.64. The fraction of sp³-hybridized carbons (Fsp3) is 0.227. The Bertz CT molecular complexity index is 1110. The van der Waals surface area contributed by atoms with Gasteiger partial charge in [-0.15, -0.1) is 0 Å². The van der Waals surface area contributed by atoms with Crippen molar-refractivity contribution in [2.75, 3.05) is 10.6 Å². The van der Waals surface area contributed by atoms with Gasteiger partial charge in [-0.05, 0) is 53.1 Å². The molecule has 0 aliphatic heterocycles. The molecule has 3 rings (SSSR count). The van der Waals surface area contributed by atoms with Gasteiger partial charge < -0.3 is 5.32 Å². The van der Waals surface area contributed by atoms with E-state index >= 15 is 0 Å². The third kappa shape index (κ3) is 5.08. The van der Waals surface area contributed by atoms with Gasteiger partial charge in [0.05, 0.1) is 11.9 Å². The smallest absolute Gasteiger partial charge is 0.244 e. The second-order valence-corrected chi connectivity index (χ2v) is 9.15. The molecule has 0 heterocycles. The van der Waals surface area contributed by atoms with Crippen LogP contribution in [-0.4, -0.2) is 26.6 Å². The number of sulfonamides is 1. The first kappa shape index (κ1) is 21.1. The van der Waals surface area contributed by atoms with Gasteiger partial charge in [-0.2, -0.15) is 0 Å². The number of anilines is 1. The molecule has 0 aliphatic rings. The molecule has 1 amide bonds. The number of nitrogens with one attached hydrogen (secondary N) is 1. The van der Waals surface area contributed by atoms with Crippen LogP contribution in [0.1, 0.15) is 18.9 Å². The van der Waals surface area contributed by atoms with E-state index in [2.05, 4.69) is 5.32 Å². The highest BCUT2D eigenvalue weighted by molar-refractivity contribution is 7.92. The predicted molar refractivity (Wildman–Crippen MR) is 119 cm³/mol. The molecular formula is C22H23ClN2O3S. The Kier molecular flexibility index (Phi) is 6.45. The molecule has 29 heavy (non-hydrogen) atoms. The fourth-order valence-electron chi connectivity index (χ4n) is 3.30. The molecule has 1 unspecified atom stereocenters. The average molecular weight is 431 g/mol. The molecule has 1 atom stereocenters. The Morgan fingerprint density at radius 3 is 2.31 bits per heavy atom. The molecule has 0 aliphatic carbocycles. The summed E-state index contributed by atoms with van der Waals surface area (Å²) in [6.45, 7) is 2.10. The van der Waals surface area contributed by atoms with Crippen molar-refractivity contribution in [2.45, 2.75) is 25.9 Å². The minimum absolute atomic E-state index is 0.318. The van der Waals surface area contributed by atoms with E-state index in [4.69, 9.17) is 11.6 Å². The summed E-state index contributed by atoms with van der Waals surface area (Å²) in [5.41, 5.74) is 1.36. The number of amides is 1. The lowest BCUT2D eigenvalue weighted by Gasteiger charge is -2.30. The van der Waals surface area contributed by atoms with Crippen LogP contribution in [0.25, 0.3) is 10.8 Å². The van der Waals surface area contributed by atoms with E-state index in [1.807, 2.05) is 42.5 Å². The molecule has 0 bridgehead atoms. The van der Waals surface area contributed by atoms with E-state index in [1.165, 1.54) is 0 Å². The van der Waals surface area contributed by atoms with Gasteiger partial charge in [-0.3, -0.25) is 9.10 Å². The van der Waals surface area contributed by atoms with E-state index in [0.717, 1.165) is 26.9 Å². The van der Waals surface area contributed by atoms with E-state index in [-0.39, 0.29) is 5.91 Å². The molecule has 0 aromatic heterocycles. The highest BCUT2D eigenvalue weighted by Crippen LogP contribution is 2.24. The molecule has 0 fully saturated rings. The normalized spacial score (nSPS) is 12.5. The van der Waals surface area contributed by atoms with Crippen molar-refractivity contribution in [3.8, 4) is 0 Å². The first-order valence-electron chi connectivity index (χ1n) is 9.30. The third-order valence-electron chi connectivity index (χ3n) is 4.69. The van der Waals surface area contributed by atoms with Crippen LogP contribution in [0.2, 0.25) is 5.02 Å². The lowest BCUT2D eigenvalue weighted by atomic mass is 10.1. The summed E-state index contributed by atoms with van der Waals surface area (Å²) in [7, 11) is -3.67. The summed E-state index contributed by atoms with van der Waals surface area (Å²) in [6.07, 6.45) is 1.43. The second kappa shape index (κ2) is 8.84. The number of nitrogens with zero attached hydrogens (tertiary/aromatic N) is 1. The summed E-state index contributed by atoms with van der Waals surface area (Å²) in [6, 6.07) is 19.5. The standard InChI is InChI=1S/C22H23ClN2O3S/c1-3-21(25(29(2,27)28)20-12-10-19(23)11-13-20)22(26)24-15-16-8-9-17-6-4-5-7-18(17)14-16/h4-14,21H,3,15H2,1-2H3,(H,24,26). The van der Waals surface area contributed by atoms with Crippen molar-refractivity contribution in [2.24, 2.45) is 0 Å². The zero-order valence-corrected chi connectivity index (χ0v) is 17.9. The molecule has 3 aromatic carbocycles. The first-order chi connectivity index (χ1) is 13.8. The van der Waals surface area contributed by atoms with Crippen molar-refractivity contribution >= 4 is 44.0 Å². The quantitative estimate of drug-likeness (QED) is 0.605. The Hall–Kier alpha value is -2.57. The number of hydrogen-bond acceptors (Lipinski definition) is 3. The number of hydrogen-bond donors (Lipinski definition) is 1. The Morgan fingerprint density at radius 1 is 1.03 bits per heavy atom. The molecule has 3 aromatic rings. The van der Waals surface area contributed by atoms with E-state index in [0.29, 0.717) is 23.7 Å². The monoisotopic (exact) mass is 430 g/mol. The number of carbonyl (C=O) groups excluding carboxylic acids is 1. The molecule has 7 heteroatoms. The van der Waals surface area contributed by atoms with Gasteiger partial charge in [0, 0.05) is 11.6 Å². The van der Waals surface area contributed by atoms with Crippen molar-refractivity contribution in [3.63, 3.8) is 0 Å². The minimum Gasteiger partial charge on any atom is -0.350 e. The Balaban J connectivity index is 1.80. The molecule has 1 N–H and O–H groups in total. The average Bonchev–Trinajstić information content (AvgIpc) is 2.70. The summed E-state index contributed by atoms with van der Waals surface area (Å²) < 4.78 is 26.1. The second-order valence-electron chi connectivity index (χ2n) is 6.86. The van der Waals surface area contributed by atoms with Crippen molar-refractivity contribution in [1.82, 2.24) is 5.32 Å². The van der Waals surface area contributed by atoms with E-state index in [9.17, 15) is 13.2 Å². The Morgan fingerprint density at radius 2 is 1.69 bits per heavy atom. The number of fused-ring (bicyclic) bond motifs is 1. The number of halogens is 1. The maximum Gasteiger partial charge on any atom is 0.244 e. The SMILES string of the molecule is CCC(C(=O)NCc1ccc2ccccc2c1)N(c1ccc(Cl)cc1)S(C)(=O)=O. The topological polar surface area (TPSA) is 66.5 Å². The van der Waals surface area contributed by atoms with Crippen LogP contribution in [0, 0.1) is 0 Å². The molecule has 0 saturated heterocycles. The van der Waals surface area contributed by atoms with Gasteiger partial charge in [0.25, 0.3) is 0 Å². The lowest BCUT2D eigenvalue weighted by molar-refractivity contribution is -0.122. The van der Waals surface area contributed by atoms with E-state index < -0.39 is 16.1 Å². The molecule has 0 radical (unpaired) electrons. The van der Waals surface area contributed by atoms with Crippen LogP contribution in [-0.2, 0) is 21.4 Å². The zero-order valence-electron chi connectivity index (χ0n) is 16.3. The molecule has 0 spiro atoms. The van der Waals surface area contributed by atoms with Crippen molar-refractivity contribution in [1.29, 1.82) is 0 Å². The molecule has 5 nitrogen and oxygen atoms in total. The highest BCUT2D eigenvalue weighted by Gasteiger charge is 2.31. The number of rotatable bonds is 7. The summed E-state index contributed by atoms with van der Waals surface area (Å²) in [5.74, 6) is -0.346. The van der Waals surface area contributed by atoms with Crippen LogP contribution >= 0.6 is 11.6 Å². The Labute approximate surface area is 176 Å². The van der Waals surface area contributed by atoms with Crippen LogP contribution in [0.3, 0.4) is 0 Å². The number of benzene rings is 3. The first-order valence-corrected chi connectivity index (χ1v) is 11.5. The van der Waals surface area contributed by atoms with Gasteiger partial charge in [0.2, 0.25) is 15.9 Å². The summed E-state index contributed by atoms with van der Waals surface area (Å²) in [5, 5.41) is 5.59. The van der Waals surface area contributed by atoms with Gasteiger partial charge in [0.15, 0.2) is 0 Å². The van der Waals surface area contributed by atoms with Crippen LogP contribution < -0.4 is 9.62 Å². The van der Waals surface area contributed by atoms with Crippen LogP contribution in [0.15, 0.2) is 66.7 Å². The van der Waals surface area contributed by atoms with Crippen LogP contribution in [0.5, 0.6) is 0 Å². The third-order valence-corrected chi connectivity index (χ3v) is 6.12. The van der Waals surface area contributed by atoms with Crippen molar-refractivity contribution in [3.05, 3.63) is 77.3 Å². The summed E-state index contributed by atoms with van der Waals surface area (Å²) in [4.78, 5) is 12.9. The lowest BCUT2D eigenvalue weighted by Crippen LogP contribution is -2.49. The van der Waals surface area contributed by atoms with Gasteiger partial charge in [-0.25, -0.2) is 8.42 Å². The van der Waals surface area contributed by atoms with Gasteiger partial charge in [0.1, 0.15) is 6.04 Å². The van der Waals surface area contributed by atoms with Gasteiger partial charge in [-0.1, -0.05) is 54.9 Å². The molecule has 0 saturated carbocycles. The zero-order chi connectivity index (χ0) is 21.0.